The van der Waals surface area contributed by atoms with Gasteiger partial charge in [0.05, 0.1) is 23.5 Å². The highest BCUT2D eigenvalue weighted by Crippen LogP contribution is 2.24. The fourth-order valence-corrected chi connectivity index (χ4v) is 3.38. The molecule has 0 radical (unpaired) electrons. The van der Waals surface area contributed by atoms with Gasteiger partial charge in [-0.2, -0.15) is 0 Å². The van der Waals surface area contributed by atoms with E-state index in [0.29, 0.717) is 13.0 Å². The Balaban J connectivity index is 1.67. The van der Waals surface area contributed by atoms with E-state index in [1.165, 1.54) is 0 Å². The zero-order valence-corrected chi connectivity index (χ0v) is 12.8. The number of rotatable bonds is 5. The second-order valence-corrected chi connectivity index (χ2v) is 6.34. The Kier molecular flexibility index (Phi) is 4.37. The number of hydrogen-bond acceptors (Lipinski definition) is 5. The lowest BCUT2D eigenvalue weighted by atomic mass is 10.2. The van der Waals surface area contributed by atoms with Crippen molar-refractivity contribution in [1.82, 2.24) is 15.3 Å². The van der Waals surface area contributed by atoms with E-state index in [0.717, 1.165) is 21.1 Å². The Hall–Kier alpha value is -2.05. The number of carbonyl (C=O) groups is 1. The van der Waals surface area contributed by atoms with E-state index < -0.39 is 0 Å². The second kappa shape index (κ2) is 6.60. The van der Waals surface area contributed by atoms with E-state index in [9.17, 15) is 4.79 Å². The third-order valence-corrected chi connectivity index (χ3v) is 4.65. The molecule has 1 N–H and O–H groups in total. The molecule has 6 heteroatoms. The van der Waals surface area contributed by atoms with Crippen LogP contribution in [-0.2, 0) is 17.8 Å². The van der Waals surface area contributed by atoms with Crippen LogP contribution in [0.1, 0.15) is 10.6 Å². The average molecular weight is 315 g/mol. The fraction of sp³-hybridized carbons (Fsp3) is 0.133. The molecule has 0 atom stereocenters. The lowest BCUT2D eigenvalue weighted by Crippen LogP contribution is -2.25. The van der Waals surface area contributed by atoms with Crippen molar-refractivity contribution in [2.45, 2.75) is 13.0 Å². The molecule has 0 aliphatic rings. The molecule has 106 valence electrons. The summed E-state index contributed by atoms with van der Waals surface area (Å²) in [4.78, 5) is 22.8. The molecule has 0 aliphatic heterocycles. The maximum atomic E-state index is 11.9. The van der Waals surface area contributed by atoms with Crippen LogP contribution in [0.2, 0.25) is 0 Å². The highest BCUT2D eigenvalue weighted by atomic mass is 32.1. The van der Waals surface area contributed by atoms with Gasteiger partial charge in [0, 0.05) is 17.3 Å². The van der Waals surface area contributed by atoms with Crippen LogP contribution in [0.3, 0.4) is 0 Å². The molecule has 0 aromatic carbocycles. The van der Waals surface area contributed by atoms with Crippen LogP contribution in [0.4, 0.5) is 0 Å². The minimum atomic E-state index is 0.000215. The van der Waals surface area contributed by atoms with E-state index in [1.807, 2.05) is 35.0 Å². The van der Waals surface area contributed by atoms with Gasteiger partial charge >= 0.3 is 0 Å². The summed E-state index contributed by atoms with van der Waals surface area (Å²) in [5, 5.41) is 6.88. The molecule has 3 heterocycles. The molecule has 1 amide bonds. The molecule has 21 heavy (non-hydrogen) atoms. The van der Waals surface area contributed by atoms with Crippen molar-refractivity contribution < 1.29 is 4.79 Å². The Bertz CT molecular complexity index is 708. The predicted octanol–water partition coefficient (Wildman–Crippen LogP) is 3.13. The van der Waals surface area contributed by atoms with Crippen LogP contribution in [0.15, 0.2) is 47.4 Å². The average Bonchev–Trinajstić information content (AvgIpc) is 3.18. The summed E-state index contributed by atoms with van der Waals surface area (Å²) in [6.07, 6.45) is 3.73. The molecule has 3 rings (SSSR count). The topological polar surface area (TPSA) is 54.9 Å². The summed E-state index contributed by atoms with van der Waals surface area (Å²) in [7, 11) is 0. The molecular weight excluding hydrogens is 302 g/mol. The first kappa shape index (κ1) is 13.9. The Morgan fingerprint density at radius 2 is 1.90 bits per heavy atom. The zero-order chi connectivity index (χ0) is 14.5. The van der Waals surface area contributed by atoms with Crippen LogP contribution >= 0.6 is 22.7 Å². The number of nitrogens with zero attached hydrogens (tertiary/aromatic N) is 2. The molecule has 0 saturated carbocycles. The maximum absolute atomic E-state index is 11.9. The van der Waals surface area contributed by atoms with E-state index in [2.05, 4.69) is 15.3 Å². The summed E-state index contributed by atoms with van der Waals surface area (Å²) in [5.41, 5.74) is 1.63. The molecular formula is C15H13N3OS2. The number of carbonyl (C=O) groups excluding carboxylic acids is 1. The number of nitrogens with one attached hydrogen (secondary N) is 1. The van der Waals surface area contributed by atoms with Crippen LogP contribution in [0, 0.1) is 0 Å². The van der Waals surface area contributed by atoms with Crippen molar-refractivity contribution in [1.29, 1.82) is 0 Å². The van der Waals surface area contributed by atoms with Crippen LogP contribution < -0.4 is 5.32 Å². The Morgan fingerprint density at radius 1 is 1.10 bits per heavy atom. The lowest BCUT2D eigenvalue weighted by Gasteiger charge is -2.07. The van der Waals surface area contributed by atoms with Gasteiger partial charge in [0.25, 0.3) is 0 Å². The highest BCUT2D eigenvalue weighted by molar-refractivity contribution is 7.13. The first-order valence-corrected chi connectivity index (χ1v) is 8.21. The Morgan fingerprint density at radius 3 is 2.67 bits per heavy atom. The monoisotopic (exact) mass is 315 g/mol. The standard InChI is InChI=1S/C15H13N3OS2/c19-14(9-11-3-1-7-20-11)18-10-12-15(17-6-5-16-12)13-4-2-8-21-13/h1-8H,9-10H2,(H,18,19). The number of hydrogen-bond donors (Lipinski definition) is 1. The Labute approximate surface area is 130 Å². The molecule has 3 aromatic heterocycles. The minimum absolute atomic E-state index is 0.000215. The normalized spacial score (nSPS) is 10.5. The summed E-state index contributed by atoms with van der Waals surface area (Å²) in [6.45, 7) is 0.394. The molecule has 0 bridgehead atoms. The van der Waals surface area contributed by atoms with Crippen molar-refractivity contribution in [2.75, 3.05) is 0 Å². The van der Waals surface area contributed by atoms with E-state index in [4.69, 9.17) is 0 Å². The van der Waals surface area contributed by atoms with Gasteiger partial charge in [-0.1, -0.05) is 12.1 Å². The third-order valence-electron chi connectivity index (χ3n) is 2.90. The zero-order valence-electron chi connectivity index (χ0n) is 11.2. The van der Waals surface area contributed by atoms with Gasteiger partial charge in [-0.15, -0.1) is 22.7 Å². The van der Waals surface area contributed by atoms with Crippen molar-refractivity contribution in [3.8, 4) is 10.6 Å². The van der Waals surface area contributed by atoms with Crippen molar-refractivity contribution >= 4 is 28.6 Å². The van der Waals surface area contributed by atoms with Gasteiger partial charge in [0.2, 0.25) is 5.91 Å². The number of thiophene rings is 2. The molecule has 3 aromatic rings. The molecule has 4 nitrogen and oxygen atoms in total. The third kappa shape index (κ3) is 3.53. The fourth-order valence-electron chi connectivity index (χ4n) is 1.93. The first-order valence-electron chi connectivity index (χ1n) is 6.46. The summed E-state index contributed by atoms with van der Waals surface area (Å²) in [5.74, 6) is 0.000215. The van der Waals surface area contributed by atoms with E-state index in [-0.39, 0.29) is 5.91 Å². The van der Waals surface area contributed by atoms with Gasteiger partial charge in [0.1, 0.15) is 5.69 Å². The van der Waals surface area contributed by atoms with Gasteiger partial charge < -0.3 is 5.32 Å². The predicted molar refractivity (Wildman–Crippen MR) is 85.2 cm³/mol. The summed E-state index contributed by atoms with van der Waals surface area (Å²) >= 11 is 3.20. The summed E-state index contributed by atoms with van der Waals surface area (Å²) in [6, 6.07) is 7.90. The molecule has 0 unspecified atom stereocenters. The van der Waals surface area contributed by atoms with Gasteiger partial charge in [-0.3, -0.25) is 14.8 Å². The summed E-state index contributed by atoms with van der Waals surface area (Å²) < 4.78 is 0. The van der Waals surface area contributed by atoms with Gasteiger partial charge in [0.15, 0.2) is 0 Å². The van der Waals surface area contributed by atoms with Crippen LogP contribution in [0.5, 0.6) is 0 Å². The molecule has 0 fully saturated rings. The van der Waals surface area contributed by atoms with Gasteiger partial charge in [-0.25, -0.2) is 0 Å². The van der Waals surface area contributed by atoms with E-state index in [1.54, 1.807) is 35.1 Å². The van der Waals surface area contributed by atoms with Crippen LogP contribution in [-0.4, -0.2) is 15.9 Å². The van der Waals surface area contributed by atoms with Crippen molar-refractivity contribution in [3.05, 3.63) is 58.0 Å². The maximum Gasteiger partial charge on any atom is 0.225 e. The number of aromatic nitrogens is 2. The van der Waals surface area contributed by atoms with Crippen LogP contribution in [0.25, 0.3) is 10.6 Å². The minimum Gasteiger partial charge on any atom is -0.350 e. The number of amides is 1. The van der Waals surface area contributed by atoms with Crippen molar-refractivity contribution in [2.24, 2.45) is 0 Å². The second-order valence-electron chi connectivity index (χ2n) is 4.36. The van der Waals surface area contributed by atoms with Crippen molar-refractivity contribution in [3.63, 3.8) is 0 Å². The van der Waals surface area contributed by atoms with Gasteiger partial charge in [-0.05, 0) is 22.9 Å². The molecule has 0 spiro atoms. The lowest BCUT2D eigenvalue weighted by molar-refractivity contribution is -0.120. The first-order chi connectivity index (χ1) is 10.3. The highest BCUT2D eigenvalue weighted by Gasteiger charge is 2.10. The smallest absolute Gasteiger partial charge is 0.225 e. The largest absolute Gasteiger partial charge is 0.350 e. The van der Waals surface area contributed by atoms with E-state index >= 15 is 0 Å². The molecule has 0 saturated heterocycles. The molecule has 0 aliphatic carbocycles. The quantitative estimate of drug-likeness (QED) is 0.787. The SMILES string of the molecule is O=C(Cc1cccs1)NCc1nccnc1-c1cccs1.